The van der Waals surface area contributed by atoms with Gasteiger partial charge in [0, 0.05) is 22.2 Å². The molecule has 2 aromatic heterocycles. The summed E-state index contributed by atoms with van der Waals surface area (Å²) in [6.07, 6.45) is 1.45. The van der Waals surface area contributed by atoms with Crippen LogP contribution in [0.3, 0.4) is 0 Å². The maximum atomic E-state index is 12.8. The minimum Gasteiger partial charge on any atom is -0.459 e. The number of hydrogen-bond acceptors (Lipinski definition) is 4. The molecule has 0 saturated heterocycles. The van der Waals surface area contributed by atoms with E-state index in [4.69, 9.17) is 8.83 Å². The Morgan fingerprint density at radius 3 is 2.44 bits per heavy atom. The third kappa shape index (κ3) is 3.15. The topological polar surface area (TPSA) is 72.5 Å². The Balaban J connectivity index is 1.66. The molecule has 0 bridgehead atoms. The number of carbonyl (C=O) groups is 2. The van der Waals surface area contributed by atoms with E-state index < -0.39 is 0 Å². The smallest absolute Gasteiger partial charge is 0.291 e. The molecule has 1 N–H and O–H groups in total. The summed E-state index contributed by atoms with van der Waals surface area (Å²) in [5.41, 5.74) is 3.60. The van der Waals surface area contributed by atoms with Crippen LogP contribution in [0.2, 0.25) is 0 Å². The molecule has 0 aliphatic rings. The van der Waals surface area contributed by atoms with Crippen molar-refractivity contribution in [1.82, 2.24) is 0 Å². The first kappa shape index (κ1) is 16.8. The van der Waals surface area contributed by atoms with Crippen molar-refractivity contribution in [3.63, 3.8) is 0 Å². The summed E-state index contributed by atoms with van der Waals surface area (Å²) >= 11 is 0. The maximum absolute atomic E-state index is 12.8. The van der Waals surface area contributed by atoms with Crippen LogP contribution in [-0.4, -0.2) is 11.7 Å². The van der Waals surface area contributed by atoms with Gasteiger partial charge < -0.3 is 14.2 Å². The molecule has 0 atom stereocenters. The predicted octanol–water partition coefficient (Wildman–Crippen LogP) is 5.13. The Hall–Kier alpha value is -3.60. The minimum absolute atomic E-state index is 0.162. The van der Waals surface area contributed by atoms with Crippen LogP contribution in [-0.2, 0) is 0 Å². The maximum Gasteiger partial charge on any atom is 0.291 e. The van der Waals surface area contributed by atoms with Crippen molar-refractivity contribution in [2.75, 3.05) is 5.32 Å². The lowest BCUT2D eigenvalue weighted by Crippen LogP contribution is -2.10. The molecular formula is C22H17NO4. The van der Waals surface area contributed by atoms with Gasteiger partial charge in [-0.3, -0.25) is 9.59 Å². The first-order chi connectivity index (χ1) is 13.0. The first-order valence-corrected chi connectivity index (χ1v) is 8.52. The van der Waals surface area contributed by atoms with Crippen LogP contribution in [0.1, 0.15) is 37.8 Å². The van der Waals surface area contributed by atoms with Crippen molar-refractivity contribution >= 4 is 28.3 Å². The summed E-state index contributed by atoms with van der Waals surface area (Å²) < 4.78 is 10.9. The number of furan rings is 2. The lowest BCUT2D eigenvalue weighted by Gasteiger charge is -2.03. The van der Waals surface area contributed by atoms with E-state index in [-0.39, 0.29) is 17.5 Å². The normalized spacial score (nSPS) is 10.9. The quantitative estimate of drug-likeness (QED) is 0.513. The highest BCUT2D eigenvalue weighted by atomic mass is 16.3. The number of benzene rings is 2. The van der Waals surface area contributed by atoms with E-state index in [2.05, 4.69) is 5.32 Å². The molecule has 5 heteroatoms. The van der Waals surface area contributed by atoms with Gasteiger partial charge >= 0.3 is 0 Å². The van der Waals surface area contributed by atoms with E-state index in [1.807, 2.05) is 26.0 Å². The number of aryl methyl sites for hydroxylation is 2. The Morgan fingerprint density at radius 2 is 1.74 bits per heavy atom. The van der Waals surface area contributed by atoms with E-state index in [0.29, 0.717) is 22.6 Å². The molecule has 0 radical (unpaired) electrons. The number of nitrogens with one attached hydrogen (secondary N) is 1. The van der Waals surface area contributed by atoms with Crippen LogP contribution in [0.5, 0.6) is 0 Å². The second-order valence-corrected chi connectivity index (χ2v) is 6.39. The highest BCUT2D eigenvalue weighted by Crippen LogP contribution is 2.29. The number of amides is 1. The van der Waals surface area contributed by atoms with Crippen molar-refractivity contribution in [3.05, 3.63) is 89.1 Å². The fourth-order valence-corrected chi connectivity index (χ4v) is 2.95. The number of fused-ring (bicyclic) bond motifs is 1. The Kier molecular flexibility index (Phi) is 4.12. The molecule has 1 amide bonds. The van der Waals surface area contributed by atoms with Gasteiger partial charge in [0.05, 0.1) is 6.26 Å². The van der Waals surface area contributed by atoms with E-state index in [1.165, 1.54) is 6.26 Å². The van der Waals surface area contributed by atoms with Gasteiger partial charge in [-0.05, 0) is 44.2 Å². The van der Waals surface area contributed by atoms with Crippen LogP contribution in [0.4, 0.5) is 5.69 Å². The van der Waals surface area contributed by atoms with Crippen molar-refractivity contribution in [2.24, 2.45) is 0 Å². The van der Waals surface area contributed by atoms with Crippen LogP contribution < -0.4 is 5.32 Å². The van der Waals surface area contributed by atoms with Crippen molar-refractivity contribution in [3.8, 4) is 0 Å². The summed E-state index contributed by atoms with van der Waals surface area (Å²) in [5.74, 6) is 0.0407. The largest absolute Gasteiger partial charge is 0.459 e. The SMILES string of the molecule is Cc1ccc(C(=O)c2oc3ccc(NC(=O)c4ccco4)cc3c2C)cc1. The number of anilines is 1. The first-order valence-electron chi connectivity index (χ1n) is 8.52. The lowest BCUT2D eigenvalue weighted by molar-refractivity contribution is 0.0993. The fraction of sp³-hybridized carbons (Fsp3) is 0.0909. The van der Waals surface area contributed by atoms with Crippen LogP contribution in [0.25, 0.3) is 11.0 Å². The Labute approximate surface area is 155 Å². The number of hydrogen-bond donors (Lipinski definition) is 1. The zero-order valence-corrected chi connectivity index (χ0v) is 14.9. The van der Waals surface area contributed by atoms with Crippen LogP contribution in [0.15, 0.2) is 69.7 Å². The second kappa shape index (κ2) is 6.61. The molecule has 0 aliphatic heterocycles. The molecule has 5 nitrogen and oxygen atoms in total. The molecule has 0 fully saturated rings. The molecule has 0 unspecified atom stereocenters. The van der Waals surface area contributed by atoms with E-state index >= 15 is 0 Å². The number of rotatable bonds is 4. The van der Waals surface area contributed by atoms with Gasteiger partial charge in [0.1, 0.15) is 5.58 Å². The summed E-state index contributed by atoms with van der Waals surface area (Å²) in [4.78, 5) is 24.9. The molecule has 2 aromatic carbocycles. The van der Waals surface area contributed by atoms with Crippen molar-refractivity contribution in [2.45, 2.75) is 13.8 Å². The summed E-state index contributed by atoms with van der Waals surface area (Å²) in [6.45, 7) is 3.81. The Bertz CT molecular complexity index is 1140. The highest BCUT2D eigenvalue weighted by molar-refractivity contribution is 6.11. The van der Waals surface area contributed by atoms with E-state index in [9.17, 15) is 9.59 Å². The molecule has 4 aromatic rings. The fourth-order valence-electron chi connectivity index (χ4n) is 2.95. The second-order valence-electron chi connectivity index (χ2n) is 6.39. The molecule has 134 valence electrons. The standard InChI is InChI=1S/C22H17NO4/c1-13-5-7-15(8-6-13)20(24)21-14(2)17-12-16(9-10-18(17)27-21)23-22(25)19-4-3-11-26-19/h3-12H,1-2H3,(H,23,25). The van der Waals surface area contributed by atoms with Crippen molar-refractivity contribution in [1.29, 1.82) is 0 Å². The number of ketones is 1. The zero-order chi connectivity index (χ0) is 19.0. The zero-order valence-electron chi connectivity index (χ0n) is 14.9. The molecule has 0 saturated carbocycles. The van der Waals surface area contributed by atoms with E-state index in [0.717, 1.165) is 16.5 Å². The van der Waals surface area contributed by atoms with Gasteiger partial charge in [-0.2, -0.15) is 0 Å². The third-order valence-electron chi connectivity index (χ3n) is 4.46. The Morgan fingerprint density at radius 1 is 0.963 bits per heavy atom. The van der Waals surface area contributed by atoms with Crippen LogP contribution >= 0.6 is 0 Å². The van der Waals surface area contributed by atoms with E-state index in [1.54, 1.807) is 42.5 Å². The van der Waals surface area contributed by atoms with Crippen molar-refractivity contribution < 1.29 is 18.4 Å². The van der Waals surface area contributed by atoms with Gasteiger partial charge in [0.25, 0.3) is 5.91 Å². The summed E-state index contributed by atoms with van der Waals surface area (Å²) in [6, 6.07) is 15.9. The molecule has 0 aliphatic carbocycles. The molecule has 4 rings (SSSR count). The molecule has 2 heterocycles. The molecule has 27 heavy (non-hydrogen) atoms. The van der Waals surface area contributed by atoms with Gasteiger partial charge in [-0.1, -0.05) is 29.8 Å². The third-order valence-corrected chi connectivity index (χ3v) is 4.46. The monoisotopic (exact) mass is 359 g/mol. The lowest BCUT2D eigenvalue weighted by atomic mass is 10.0. The summed E-state index contributed by atoms with van der Waals surface area (Å²) in [5, 5.41) is 3.56. The average molecular weight is 359 g/mol. The highest BCUT2D eigenvalue weighted by Gasteiger charge is 2.20. The minimum atomic E-state index is -0.337. The van der Waals surface area contributed by atoms with Gasteiger partial charge in [-0.15, -0.1) is 0 Å². The predicted molar refractivity (Wildman–Crippen MR) is 102 cm³/mol. The van der Waals surface area contributed by atoms with Gasteiger partial charge in [0.2, 0.25) is 5.78 Å². The number of carbonyl (C=O) groups excluding carboxylic acids is 2. The van der Waals surface area contributed by atoms with Gasteiger partial charge in [0.15, 0.2) is 11.5 Å². The molecular weight excluding hydrogens is 342 g/mol. The van der Waals surface area contributed by atoms with Crippen LogP contribution in [0, 0.1) is 13.8 Å². The van der Waals surface area contributed by atoms with Gasteiger partial charge in [-0.25, -0.2) is 0 Å². The average Bonchev–Trinajstić information content (AvgIpc) is 3.31. The molecule has 0 spiro atoms. The summed E-state index contributed by atoms with van der Waals surface area (Å²) in [7, 11) is 0.